The average Bonchev–Trinajstić information content (AvgIpc) is 3.29. The molecule has 0 bridgehead atoms. The number of rotatable bonds is 3. The van der Waals surface area contributed by atoms with Crippen molar-refractivity contribution in [3.05, 3.63) is 52.5 Å². The van der Waals surface area contributed by atoms with Gasteiger partial charge in [0.05, 0.1) is 4.88 Å². The van der Waals surface area contributed by atoms with Gasteiger partial charge in [-0.2, -0.15) is 4.42 Å². The molecule has 0 spiro atoms. The SMILES string of the molecule is c1csc(-c2nc(-c3cccs3)[o+]c(-c3cccs3)n2)c1. The molecule has 0 aromatic carbocycles. The molecule has 21 heavy (non-hydrogen) atoms. The van der Waals surface area contributed by atoms with Crippen molar-refractivity contribution in [3.8, 4) is 32.2 Å². The molecule has 4 aromatic rings. The summed E-state index contributed by atoms with van der Waals surface area (Å²) in [5.41, 5.74) is 0. The predicted octanol–water partition coefficient (Wildman–Crippen LogP) is 5.54. The van der Waals surface area contributed by atoms with E-state index in [-0.39, 0.29) is 0 Å². The number of thiophene rings is 3. The van der Waals surface area contributed by atoms with Crippen molar-refractivity contribution in [3.63, 3.8) is 0 Å². The van der Waals surface area contributed by atoms with Crippen LogP contribution in [0.15, 0.2) is 57.0 Å². The van der Waals surface area contributed by atoms with Crippen molar-refractivity contribution in [2.24, 2.45) is 0 Å². The summed E-state index contributed by atoms with van der Waals surface area (Å²) >= 11 is 4.85. The summed E-state index contributed by atoms with van der Waals surface area (Å²) in [7, 11) is 0. The molecule has 3 nitrogen and oxygen atoms in total. The van der Waals surface area contributed by atoms with Crippen LogP contribution in [0.2, 0.25) is 0 Å². The minimum Gasteiger partial charge on any atom is -0.164 e. The van der Waals surface area contributed by atoms with Gasteiger partial charge < -0.3 is 0 Å². The summed E-state index contributed by atoms with van der Waals surface area (Å²) in [4.78, 5) is 12.2. The molecule has 4 rings (SSSR count). The van der Waals surface area contributed by atoms with E-state index in [4.69, 9.17) is 4.42 Å². The van der Waals surface area contributed by atoms with Gasteiger partial charge in [0, 0.05) is 0 Å². The van der Waals surface area contributed by atoms with Gasteiger partial charge in [0.2, 0.25) is 0 Å². The second-order valence-electron chi connectivity index (χ2n) is 4.19. The van der Waals surface area contributed by atoms with E-state index in [0.29, 0.717) is 17.6 Å². The summed E-state index contributed by atoms with van der Waals surface area (Å²) in [6, 6.07) is 12.0. The highest BCUT2D eigenvalue weighted by molar-refractivity contribution is 7.14. The van der Waals surface area contributed by atoms with E-state index in [1.165, 1.54) is 0 Å². The Morgan fingerprint density at radius 2 is 1.14 bits per heavy atom. The standard InChI is InChI=1S/C15H9N2OS3/c1-4-10(19-7-1)13-16-14(11-5-2-8-20-11)18-15(17-13)12-6-3-9-21-12/h1-9H/q+1. The van der Waals surface area contributed by atoms with Gasteiger partial charge in [-0.1, -0.05) is 18.2 Å². The second kappa shape index (κ2) is 5.48. The van der Waals surface area contributed by atoms with Crippen LogP contribution in [-0.2, 0) is 0 Å². The zero-order valence-electron chi connectivity index (χ0n) is 10.7. The Kier molecular flexibility index (Phi) is 3.34. The second-order valence-corrected chi connectivity index (χ2v) is 7.03. The van der Waals surface area contributed by atoms with Crippen LogP contribution in [0.25, 0.3) is 32.2 Å². The highest BCUT2D eigenvalue weighted by atomic mass is 32.1. The fraction of sp³-hybridized carbons (Fsp3) is 0. The van der Waals surface area contributed by atoms with Crippen molar-refractivity contribution >= 4 is 34.0 Å². The molecular weight excluding hydrogens is 320 g/mol. The number of hydrogen-bond acceptors (Lipinski definition) is 5. The molecule has 0 N–H and O–H groups in total. The van der Waals surface area contributed by atoms with Crippen molar-refractivity contribution in [2.75, 3.05) is 0 Å². The van der Waals surface area contributed by atoms with Crippen LogP contribution in [0.1, 0.15) is 0 Å². The fourth-order valence-electron chi connectivity index (χ4n) is 1.88. The van der Waals surface area contributed by atoms with Gasteiger partial charge in [-0.15, -0.1) is 44.0 Å². The molecule has 0 radical (unpaired) electrons. The third kappa shape index (κ3) is 2.53. The molecule has 0 aliphatic rings. The van der Waals surface area contributed by atoms with Crippen LogP contribution in [0.3, 0.4) is 0 Å². The zero-order valence-corrected chi connectivity index (χ0v) is 13.2. The Bertz CT molecular complexity index is 710. The monoisotopic (exact) mass is 329 g/mol. The maximum Gasteiger partial charge on any atom is 0.474 e. The quantitative estimate of drug-likeness (QED) is 0.463. The van der Waals surface area contributed by atoms with Crippen LogP contribution in [0, 0.1) is 0 Å². The van der Waals surface area contributed by atoms with Crippen LogP contribution in [-0.4, -0.2) is 9.97 Å². The molecule has 0 aliphatic carbocycles. The molecule has 0 unspecified atom stereocenters. The largest absolute Gasteiger partial charge is 0.474 e. The first kappa shape index (κ1) is 12.8. The van der Waals surface area contributed by atoms with E-state index < -0.39 is 0 Å². The maximum absolute atomic E-state index is 5.91. The van der Waals surface area contributed by atoms with E-state index in [1.54, 1.807) is 34.0 Å². The Balaban J connectivity index is 1.92. The first-order chi connectivity index (χ1) is 10.4. The average molecular weight is 329 g/mol. The lowest BCUT2D eigenvalue weighted by molar-refractivity contribution is 0.543. The lowest BCUT2D eigenvalue weighted by atomic mass is 10.4. The van der Waals surface area contributed by atoms with Crippen molar-refractivity contribution in [1.29, 1.82) is 0 Å². The van der Waals surface area contributed by atoms with Gasteiger partial charge in [-0.3, -0.25) is 0 Å². The highest BCUT2D eigenvalue weighted by Gasteiger charge is 2.25. The van der Waals surface area contributed by atoms with E-state index in [9.17, 15) is 0 Å². The van der Waals surface area contributed by atoms with Crippen molar-refractivity contribution in [2.45, 2.75) is 0 Å². The highest BCUT2D eigenvalue weighted by Crippen LogP contribution is 2.32. The predicted molar refractivity (Wildman–Crippen MR) is 88.6 cm³/mol. The van der Waals surface area contributed by atoms with E-state index in [1.807, 2.05) is 52.5 Å². The first-order valence-corrected chi connectivity index (χ1v) is 8.88. The first-order valence-electron chi connectivity index (χ1n) is 6.24. The minimum atomic E-state index is 0.617. The molecule has 6 heteroatoms. The van der Waals surface area contributed by atoms with Gasteiger partial charge in [-0.05, 0) is 34.3 Å². The Hall–Kier alpha value is -1.89. The lowest BCUT2D eigenvalue weighted by Gasteiger charge is -1.94. The summed E-state index contributed by atoms with van der Waals surface area (Å²) in [6.45, 7) is 0. The molecule has 4 heterocycles. The molecule has 4 aromatic heterocycles. The number of nitrogens with zero attached hydrogens (tertiary/aromatic N) is 2. The van der Waals surface area contributed by atoms with Gasteiger partial charge in [0.25, 0.3) is 0 Å². The van der Waals surface area contributed by atoms with Gasteiger partial charge in [-0.25, -0.2) is 0 Å². The third-order valence-corrected chi connectivity index (χ3v) is 5.40. The summed E-state index contributed by atoms with van der Waals surface area (Å²) in [5.74, 6) is 1.95. The normalized spacial score (nSPS) is 10.9. The molecule has 0 saturated carbocycles. The third-order valence-electron chi connectivity index (χ3n) is 2.81. The van der Waals surface area contributed by atoms with Crippen molar-refractivity contribution in [1.82, 2.24) is 9.97 Å². The summed E-state index contributed by atoms with van der Waals surface area (Å²) in [5, 5.41) is 6.06. The van der Waals surface area contributed by atoms with Crippen LogP contribution < -0.4 is 0 Å². The van der Waals surface area contributed by atoms with E-state index in [2.05, 4.69) is 9.97 Å². The van der Waals surface area contributed by atoms with Crippen LogP contribution in [0.4, 0.5) is 0 Å². The Morgan fingerprint density at radius 1 is 0.667 bits per heavy atom. The van der Waals surface area contributed by atoms with Gasteiger partial charge in [0.1, 0.15) is 0 Å². The molecule has 102 valence electrons. The fourth-order valence-corrected chi connectivity index (χ4v) is 3.84. The molecule has 0 amide bonds. The van der Waals surface area contributed by atoms with E-state index in [0.717, 1.165) is 14.6 Å². The van der Waals surface area contributed by atoms with Gasteiger partial charge in [0.15, 0.2) is 15.6 Å². The molecule has 0 fully saturated rings. The Morgan fingerprint density at radius 3 is 1.57 bits per heavy atom. The molecule has 0 saturated heterocycles. The smallest absolute Gasteiger partial charge is 0.164 e. The van der Waals surface area contributed by atoms with Crippen LogP contribution >= 0.6 is 34.0 Å². The topological polar surface area (TPSA) is 37.1 Å². The number of hydrogen-bond donors (Lipinski definition) is 0. The van der Waals surface area contributed by atoms with Crippen LogP contribution in [0.5, 0.6) is 0 Å². The number of aromatic nitrogens is 2. The molecule has 0 atom stereocenters. The minimum absolute atomic E-state index is 0.617. The summed E-state index contributed by atoms with van der Waals surface area (Å²) in [6.07, 6.45) is 0. The van der Waals surface area contributed by atoms with Crippen molar-refractivity contribution < 1.29 is 4.42 Å². The van der Waals surface area contributed by atoms with E-state index >= 15 is 0 Å². The lowest BCUT2D eigenvalue weighted by Crippen LogP contribution is -1.92. The zero-order chi connectivity index (χ0) is 14.1. The Labute approximate surface area is 133 Å². The molecule has 0 aliphatic heterocycles. The maximum atomic E-state index is 5.91. The summed E-state index contributed by atoms with van der Waals surface area (Å²) < 4.78 is 5.91. The van der Waals surface area contributed by atoms with Gasteiger partial charge >= 0.3 is 11.8 Å². The molecular formula is C15H9N2OS3+.